The monoisotopic (exact) mass is 534 g/mol. The van der Waals surface area contributed by atoms with Crippen LogP contribution in [-0.2, 0) is 11.3 Å². The van der Waals surface area contributed by atoms with Gasteiger partial charge in [0.2, 0.25) is 5.91 Å². The minimum absolute atomic E-state index is 0.00288. The number of unbranched alkanes of at least 4 members (excludes halogenated alkanes) is 1. The number of hydrogen-bond donors (Lipinski definition) is 3. The van der Waals surface area contributed by atoms with Crippen LogP contribution in [0.25, 0.3) is 21.9 Å². The first-order chi connectivity index (χ1) is 19.6. The predicted molar refractivity (Wildman–Crippen MR) is 162 cm³/mol. The summed E-state index contributed by atoms with van der Waals surface area (Å²) in [6, 6.07) is 32.1. The van der Waals surface area contributed by atoms with Crippen molar-refractivity contribution in [2.75, 3.05) is 19.6 Å². The molecule has 206 valence electrons. The van der Waals surface area contributed by atoms with Crippen LogP contribution >= 0.6 is 0 Å². The number of nitrogens with one attached hydrogen (secondary N) is 2. The average molecular weight is 535 g/mol. The highest BCUT2D eigenvalue weighted by Crippen LogP contribution is 2.23. The number of fused-ring (bicyclic) bond motifs is 1. The third-order valence-corrected chi connectivity index (χ3v) is 7.75. The minimum Gasteiger partial charge on any atom is -0.350 e. The third kappa shape index (κ3) is 6.76. The molecule has 2 atom stereocenters. The summed E-state index contributed by atoms with van der Waals surface area (Å²) in [7, 11) is 0. The molecule has 40 heavy (non-hydrogen) atoms. The van der Waals surface area contributed by atoms with Gasteiger partial charge in [0.15, 0.2) is 0 Å². The van der Waals surface area contributed by atoms with Crippen LogP contribution in [0.3, 0.4) is 0 Å². The molecule has 0 spiro atoms. The molecular formula is C34H38N4O2. The summed E-state index contributed by atoms with van der Waals surface area (Å²) in [6.07, 6.45) is 3.26. The molecule has 0 aromatic heterocycles. The summed E-state index contributed by atoms with van der Waals surface area (Å²) in [5.41, 5.74) is 9.71. The zero-order valence-electron chi connectivity index (χ0n) is 22.9. The number of amides is 2. The Morgan fingerprint density at radius 3 is 2.40 bits per heavy atom. The van der Waals surface area contributed by atoms with Crippen molar-refractivity contribution in [3.8, 4) is 11.1 Å². The molecule has 6 nitrogen and oxygen atoms in total. The highest BCUT2D eigenvalue weighted by atomic mass is 16.2. The van der Waals surface area contributed by atoms with Gasteiger partial charge in [0, 0.05) is 31.2 Å². The summed E-state index contributed by atoms with van der Waals surface area (Å²) in [5.74, 6) is 0.0135. The van der Waals surface area contributed by atoms with Gasteiger partial charge in [-0.1, -0.05) is 91.3 Å². The van der Waals surface area contributed by atoms with E-state index in [1.54, 1.807) is 0 Å². The van der Waals surface area contributed by atoms with Crippen LogP contribution in [0.5, 0.6) is 0 Å². The third-order valence-electron chi connectivity index (χ3n) is 7.75. The predicted octanol–water partition coefficient (Wildman–Crippen LogP) is 5.12. The number of hydrogen-bond acceptors (Lipinski definition) is 4. The Kier molecular flexibility index (Phi) is 9.22. The van der Waals surface area contributed by atoms with E-state index in [9.17, 15) is 9.59 Å². The van der Waals surface area contributed by atoms with Crippen molar-refractivity contribution in [3.63, 3.8) is 0 Å². The van der Waals surface area contributed by atoms with Crippen molar-refractivity contribution < 1.29 is 9.59 Å². The van der Waals surface area contributed by atoms with Gasteiger partial charge in [0.25, 0.3) is 5.91 Å². The fraction of sp³-hybridized carbons (Fsp3) is 0.294. The van der Waals surface area contributed by atoms with Gasteiger partial charge in [-0.15, -0.1) is 0 Å². The van der Waals surface area contributed by atoms with E-state index in [-0.39, 0.29) is 23.9 Å². The van der Waals surface area contributed by atoms with Gasteiger partial charge in [-0.2, -0.15) is 0 Å². The summed E-state index contributed by atoms with van der Waals surface area (Å²) in [5, 5.41) is 9.02. The lowest BCUT2D eigenvalue weighted by molar-refractivity contribution is -0.133. The van der Waals surface area contributed by atoms with Crippen molar-refractivity contribution in [3.05, 3.63) is 108 Å². The summed E-state index contributed by atoms with van der Waals surface area (Å²) >= 11 is 0. The molecular weight excluding hydrogens is 496 g/mol. The van der Waals surface area contributed by atoms with Gasteiger partial charge in [0.05, 0.1) is 6.04 Å². The molecule has 1 saturated heterocycles. The highest BCUT2D eigenvalue weighted by molar-refractivity contribution is 5.94. The summed E-state index contributed by atoms with van der Waals surface area (Å²) in [4.78, 5) is 28.6. The first-order valence-corrected chi connectivity index (χ1v) is 14.3. The smallest absolute Gasteiger partial charge is 0.251 e. The van der Waals surface area contributed by atoms with Gasteiger partial charge in [-0.3, -0.25) is 9.59 Å². The van der Waals surface area contributed by atoms with E-state index in [0.717, 1.165) is 42.4 Å². The molecule has 0 bridgehead atoms. The molecule has 1 aliphatic heterocycles. The van der Waals surface area contributed by atoms with Crippen molar-refractivity contribution in [2.24, 2.45) is 5.73 Å². The number of benzene rings is 4. The Bertz CT molecular complexity index is 1420. The van der Waals surface area contributed by atoms with E-state index >= 15 is 0 Å². The first-order valence-electron chi connectivity index (χ1n) is 14.3. The maximum Gasteiger partial charge on any atom is 0.251 e. The second-order valence-electron chi connectivity index (χ2n) is 10.5. The van der Waals surface area contributed by atoms with Crippen LogP contribution in [0.2, 0.25) is 0 Å². The van der Waals surface area contributed by atoms with Crippen molar-refractivity contribution in [2.45, 2.75) is 44.3 Å². The molecule has 0 saturated carbocycles. The number of rotatable bonds is 10. The number of nitrogens with zero attached hydrogens (tertiary/aromatic N) is 1. The van der Waals surface area contributed by atoms with Crippen molar-refractivity contribution in [1.82, 2.24) is 15.5 Å². The normalized spacial score (nSPS) is 17.5. The molecule has 4 N–H and O–H groups in total. The van der Waals surface area contributed by atoms with E-state index in [2.05, 4.69) is 53.1 Å². The van der Waals surface area contributed by atoms with Crippen LogP contribution in [0.4, 0.5) is 0 Å². The van der Waals surface area contributed by atoms with E-state index in [4.69, 9.17) is 5.73 Å². The van der Waals surface area contributed by atoms with Crippen molar-refractivity contribution >= 4 is 22.6 Å². The first kappa shape index (κ1) is 27.6. The van der Waals surface area contributed by atoms with Crippen LogP contribution in [0, 0.1) is 0 Å². The van der Waals surface area contributed by atoms with Gasteiger partial charge < -0.3 is 21.3 Å². The lowest BCUT2D eigenvalue weighted by Gasteiger charge is -2.25. The van der Waals surface area contributed by atoms with Gasteiger partial charge >= 0.3 is 0 Å². The summed E-state index contributed by atoms with van der Waals surface area (Å²) < 4.78 is 0. The molecule has 4 aromatic rings. The molecule has 1 aliphatic rings. The zero-order chi connectivity index (χ0) is 27.7. The molecule has 2 amide bonds. The van der Waals surface area contributed by atoms with Crippen LogP contribution in [0.15, 0.2) is 97.1 Å². The standard InChI is InChI=1S/C34H38N4O2/c35-21-7-6-15-32-34(40)38(24-29-13-8-12-27-11-4-5-14-31(27)29)22-20-30(37-32)23-36-33(39)28-18-16-26(17-19-28)25-9-2-1-3-10-25/h1-5,8-14,16-19,30,32,37H,6-7,15,20-24,35H2,(H,36,39)/t30-,32-/m1/s1. The second-order valence-corrected chi connectivity index (χ2v) is 10.5. The van der Waals surface area contributed by atoms with Gasteiger partial charge in [-0.25, -0.2) is 0 Å². The van der Waals surface area contributed by atoms with E-state index < -0.39 is 0 Å². The van der Waals surface area contributed by atoms with Gasteiger partial charge in [-0.05, 0) is 65.4 Å². The van der Waals surface area contributed by atoms with Crippen LogP contribution in [0.1, 0.15) is 41.6 Å². The zero-order valence-corrected chi connectivity index (χ0v) is 22.9. The Labute approximate surface area is 236 Å². The highest BCUT2D eigenvalue weighted by Gasteiger charge is 2.31. The van der Waals surface area contributed by atoms with E-state index in [1.165, 1.54) is 10.8 Å². The number of nitrogens with two attached hydrogens (primary N) is 1. The SMILES string of the molecule is NCCCC[C@H]1N[C@@H](CNC(=O)c2ccc(-c3ccccc3)cc2)CCN(Cc2cccc3ccccc23)C1=O. The molecule has 0 unspecified atom stereocenters. The minimum atomic E-state index is -0.295. The molecule has 0 radical (unpaired) electrons. The Hall–Kier alpha value is -4.00. The average Bonchev–Trinajstić information content (AvgIpc) is 3.15. The molecule has 4 aromatic carbocycles. The number of carbonyl (C=O) groups excluding carboxylic acids is 2. The van der Waals surface area contributed by atoms with Crippen LogP contribution in [-0.4, -0.2) is 48.4 Å². The van der Waals surface area contributed by atoms with E-state index in [1.807, 2.05) is 59.5 Å². The Morgan fingerprint density at radius 1 is 0.875 bits per heavy atom. The largest absolute Gasteiger partial charge is 0.350 e. The molecule has 1 fully saturated rings. The van der Waals surface area contributed by atoms with Crippen LogP contribution < -0.4 is 16.4 Å². The Morgan fingerprint density at radius 2 is 1.60 bits per heavy atom. The van der Waals surface area contributed by atoms with Gasteiger partial charge in [0.1, 0.15) is 0 Å². The summed E-state index contributed by atoms with van der Waals surface area (Å²) in [6.45, 7) is 2.28. The number of carbonyl (C=O) groups is 2. The maximum absolute atomic E-state index is 13.7. The van der Waals surface area contributed by atoms with Crippen molar-refractivity contribution in [1.29, 1.82) is 0 Å². The molecule has 6 heteroatoms. The molecule has 5 rings (SSSR count). The molecule has 0 aliphatic carbocycles. The lowest BCUT2D eigenvalue weighted by atomic mass is 10.0. The maximum atomic E-state index is 13.7. The Balaban J connectivity index is 1.25. The van der Waals surface area contributed by atoms with E-state index in [0.29, 0.717) is 31.7 Å². The lowest BCUT2D eigenvalue weighted by Crippen LogP contribution is -2.48. The fourth-order valence-corrected chi connectivity index (χ4v) is 5.50. The fourth-order valence-electron chi connectivity index (χ4n) is 5.50. The molecule has 1 heterocycles. The quantitative estimate of drug-likeness (QED) is 0.246. The topological polar surface area (TPSA) is 87.5 Å². The second kappa shape index (κ2) is 13.4.